The van der Waals surface area contributed by atoms with Gasteiger partial charge in [-0.2, -0.15) is 0 Å². The second-order valence-electron chi connectivity index (χ2n) is 6.59. The average molecular weight is 388 g/mol. The van der Waals surface area contributed by atoms with E-state index in [2.05, 4.69) is 27.5 Å². The van der Waals surface area contributed by atoms with Gasteiger partial charge in [-0.25, -0.2) is 0 Å². The first-order valence-corrected chi connectivity index (χ1v) is 9.47. The fraction of sp³-hybridized carbons (Fsp3) is 0.174. The van der Waals surface area contributed by atoms with Crippen molar-refractivity contribution in [2.24, 2.45) is 0 Å². The summed E-state index contributed by atoms with van der Waals surface area (Å²) in [5, 5.41) is 8.92. The second kappa shape index (κ2) is 9.50. The standard InChI is InChI=1S/C23H24N4O2/c1-3-20(27-19-9-11-25-23(29)14-19)18-8-10-24-21(13-18)17-7-5-6-16(12-17)15-26-22(28)4-2/h3-8,10,12-14,27H,2,9,11,15H2,1H3,(H,25,29)(H,26,28)/b20-3-. The molecule has 3 rings (SSSR count). The molecule has 0 atom stereocenters. The van der Waals surface area contributed by atoms with E-state index in [0.717, 1.165) is 40.2 Å². The van der Waals surface area contributed by atoms with Crippen LogP contribution in [0.2, 0.25) is 0 Å². The fourth-order valence-corrected chi connectivity index (χ4v) is 3.04. The maximum atomic E-state index is 11.6. The zero-order valence-electron chi connectivity index (χ0n) is 16.4. The van der Waals surface area contributed by atoms with Crippen molar-refractivity contribution in [2.45, 2.75) is 19.9 Å². The Bertz CT molecular complexity index is 992. The summed E-state index contributed by atoms with van der Waals surface area (Å²) in [6, 6.07) is 11.8. The molecule has 1 aliphatic rings. The van der Waals surface area contributed by atoms with E-state index in [0.29, 0.717) is 13.1 Å². The summed E-state index contributed by atoms with van der Waals surface area (Å²) in [5.74, 6) is -0.282. The summed E-state index contributed by atoms with van der Waals surface area (Å²) in [5.41, 5.74) is 5.56. The van der Waals surface area contributed by atoms with E-state index >= 15 is 0 Å². The molecule has 0 unspecified atom stereocenters. The van der Waals surface area contributed by atoms with Crippen LogP contribution in [-0.4, -0.2) is 23.3 Å². The van der Waals surface area contributed by atoms with Gasteiger partial charge in [-0.05, 0) is 36.8 Å². The number of nitrogens with one attached hydrogen (secondary N) is 3. The first-order valence-electron chi connectivity index (χ1n) is 9.47. The molecular weight excluding hydrogens is 364 g/mol. The SMILES string of the molecule is C=CC(=O)NCc1cccc(-c2cc(/C(=C/C)NC3=CC(=O)NCC3)ccn2)c1. The zero-order chi connectivity index (χ0) is 20.6. The molecule has 0 radical (unpaired) electrons. The predicted molar refractivity (Wildman–Crippen MR) is 114 cm³/mol. The third-order valence-electron chi connectivity index (χ3n) is 4.53. The number of hydrogen-bond donors (Lipinski definition) is 3. The summed E-state index contributed by atoms with van der Waals surface area (Å²) in [6.45, 7) is 6.47. The van der Waals surface area contributed by atoms with Crippen molar-refractivity contribution in [1.29, 1.82) is 0 Å². The van der Waals surface area contributed by atoms with Gasteiger partial charge in [0.15, 0.2) is 0 Å². The van der Waals surface area contributed by atoms with Gasteiger partial charge < -0.3 is 16.0 Å². The first kappa shape index (κ1) is 20.1. The van der Waals surface area contributed by atoms with Crippen molar-refractivity contribution in [1.82, 2.24) is 20.9 Å². The van der Waals surface area contributed by atoms with Crippen LogP contribution in [-0.2, 0) is 16.1 Å². The molecule has 0 saturated heterocycles. The highest BCUT2D eigenvalue weighted by molar-refractivity contribution is 5.89. The molecular formula is C23H24N4O2. The molecule has 1 aromatic carbocycles. The van der Waals surface area contributed by atoms with Crippen molar-refractivity contribution in [3.63, 3.8) is 0 Å². The van der Waals surface area contributed by atoms with Crippen molar-refractivity contribution < 1.29 is 9.59 Å². The fourth-order valence-electron chi connectivity index (χ4n) is 3.04. The molecule has 0 bridgehead atoms. The van der Waals surface area contributed by atoms with Gasteiger partial charge in [-0.15, -0.1) is 0 Å². The number of nitrogens with zero attached hydrogens (tertiary/aromatic N) is 1. The van der Waals surface area contributed by atoms with E-state index in [1.165, 1.54) is 6.08 Å². The Labute approximate surface area is 170 Å². The summed E-state index contributed by atoms with van der Waals surface area (Å²) in [6.07, 6.45) is 7.36. The molecule has 2 amide bonds. The Kier molecular flexibility index (Phi) is 6.58. The quantitative estimate of drug-likeness (QED) is 0.637. The van der Waals surface area contributed by atoms with Crippen LogP contribution in [0.25, 0.3) is 17.0 Å². The minimum atomic E-state index is -0.204. The van der Waals surface area contributed by atoms with Gasteiger partial charge in [0.2, 0.25) is 11.8 Å². The molecule has 1 aromatic heterocycles. The Morgan fingerprint density at radius 3 is 2.93 bits per heavy atom. The lowest BCUT2D eigenvalue weighted by molar-refractivity contribution is -0.117. The Hall–Kier alpha value is -3.67. The number of pyridine rings is 1. The number of benzene rings is 1. The molecule has 2 heterocycles. The largest absolute Gasteiger partial charge is 0.358 e. The molecule has 6 nitrogen and oxygen atoms in total. The highest BCUT2D eigenvalue weighted by atomic mass is 16.2. The van der Waals surface area contributed by atoms with Crippen molar-refractivity contribution in [3.8, 4) is 11.3 Å². The molecule has 1 aliphatic heterocycles. The zero-order valence-corrected chi connectivity index (χ0v) is 16.4. The van der Waals surface area contributed by atoms with E-state index in [4.69, 9.17) is 0 Å². The van der Waals surface area contributed by atoms with Crippen LogP contribution >= 0.6 is 0 Å². The van der Waals surface area contributed by atoms with E-state index in [1.54, 1.807) is 12.3 Å². The normalized spacial score (nSPS) is 13.9. The third-order valence-corrected chi connectivity index (χ3v) is 4.53. The number of carbonyl (C=O) groups excluding carboxylic acids is 2. The van der Waals surface area contributed by atoms with Gasteiger partial charge in [0.1, 0.15) is 0 Å². The van der Waals surface area contributed by atoms with Crippen LogP contribution in [0.4, 0.5) is 0 Å². The number of allylic oxidation sites excluding steroid dienone is 1. The molecule has 6 heteroatoms. The molecule has 2 aromatic rings. The third kappa shape index (κ3) is 5.42. The smallest absolute Gasteiger partial charge is 0.245 e. The molecule has 0 fully saturated rings. The Balaban J connectivity index is 1.80. The van der Waals surface area contributed by atoms with Crippen LogP contribution in [0.5, 0.6) is 0 Å². The summed E-state index contributed by atoms with van der Waals surface area (Å²) in [7, 11) is 0. The monoisotopic (exact) mass is 388 g/mol. The van der Waals surface area contributed by atoms with Crippen LogP contribution in [0, 0.1) is 0 Å². The number of carbonyl (C=O) groups is 2. The molecule has 29 heavy (non-hydrogen) atoms. The van der Waals surface area contributed by atoms with Gasteiger partial charge in [0.05, 0.1) is 5.69 Å². The van der Waals surface area contributed by atoms with E-state index in [9.17, 15) is 9.59 Å². The number of hydrogen-bond acceptors (Lipinski definition) is 4. The lowest BCUT2D eigenvalue weighted by Gasteiger charge is -2.18. The molecule has 0 saturated carbocycles. The van der Waals surface area contributed by atoms with Crippen LogP contribution in [0.3, 0.4) is 0 Å². The summed E-state index contributed by atoms with van der Waals surface area (Å²) < 4.78 is 0. The maximum Gasteiger partial charge on any atom is 0.245 e. The topological polar surface area (TPSA) is 83.1 Å². The van der Waals surface area contributed by atoms with Crippen molar-refractivity contribution >= 4 is 17.5 Å². The van der Waals surface area contributed by atoms with E-state index in [-0.39, 0.29) is 11.8 Å². The van der Waals surface area contributed by atoms with Gasteiger partial charge in [0, 0.05) is 54.3 Å². The minimum Gasteiger partial charge on any atom is -0.358 e. The Morgan fingerprint density at radius 2 is 2.17 bits per heavy atom. The van der Waals surface area contributed by atoms with Crippen LogP contribution in [0.1, 0.15) is 24.5 Å². The molecule has 0 spiro atoms. The lowest BCUT2D eigenvalue weighted by Crippen LogP contribution is -2.30. The first-order chi connectivity index (χ1) is 14.1. The highest BCUT2D eigenvalue weighted by Gasteiger charge is 2.11. The Morgan fingerprint density at radius 1 is 1.31 bits per heavy atom. The lowest BCUT2D eigenvalue weighted by atomic mass is 10.0. The number of amides is 2. The summed E-state index contributed by atoms with van der Waals surface area (Å²) >= 11 is 0. The van der Waals surface area contributed by atoms with Crippen LogP contribution in [0.15, 0.2) is 73.1 Å². The van der Waals surface area contributed by atoms with Gasteiger partial charge in [0.25, 0.3) is 0 Å². The highest BCUT2D eigenvalue weighted by Crippen LogP contribution is 2.23. The average Bonchev–Trinajstić information content (AvgIpc) is 2.76. The second-order valence-corrected chi connectivity index (χ2v) is 6.59. The van der Waals surface area contributed by atoms with Crippen LogP contribution < -0.4 is 16.0 Å². The number of aromatic nitrogens is 1. The predicted octanol–water partition coefficient (Wildman–Crippen LogP) is 2.91. The molecule has 148 valence electrons. The minimum absolute atomic E-state index is 0.0787. The van der Waals surface area contributed by atoms with Gasteiger partial charge in [-0.1, -0.05) is 30.9 Å². The van der Waals surface area contributed by atoms with E-state index in [1.807, 2.05) is 49.4 Å². The maximum absolute atomic E-state index is 11.6. The molecule has 3 N–H and O–H groups in total. The van der Waals surface area contributed by atoms with Crippen molar-refractivity contribution in [3.05, 3.63) is 84.2 Å². The summed E-state index contributed by atoms with van der Waals surface area (Å²) in [4.78, 5) is 27.5. The number of rotatable bonds is 7. The molecule has 0 aliphatic carbocycles. The van der Waals surface area contributed by atoms with Gasteiger partial charge >= 0.3 is 0 Å². The van der Waals surface area contributed by atoms with Gasteiger partial charge in [-0.3, -0.25) is 14.6 Å². The van der Waals surface area contributed by atoms with E-state index < -0.39 is 0 Å². The van der Waals surface area contributed by atoms with Crippen molar-refractivity contribution in [2.75, 3.05) is 6.54 Å².